The number of imide groups is 1. The van der Waals surface area contributed by atoms with Gasteiger partial charge in [0.05, 0.1) is 33.5 Å². The first kappa shape index (κ1) is 32.3. The van der Waals surface area contributed by atoms with Crippen molar-refractivity contribution in [1.29, 1.82) is 0 Å². The van der Waals surface area contributed by atoms with Crippen molar-refractivity contribution in [2.24, 2.45) is 0 Å². The molecule has 244 valence electrons. The number of aryl methyl sites for hydroxylation is 1. The average Bonchev–Trinajstić information content (AvgIpc) is 3.36. The van der Waals surface area contributed by atoms with Gasteiger partial charge in [-0.25, -0.2) is 10.1 Å². The van der Waals surface area contributed by atoms with Crippen LogP contribution in [-0.4, -0.2) is 50.6 Å². The van der Waals surface area contributed by atoms with Crippen molar-refractivity contribution in [3.63, 3.8) is 0 Å². The van der Waals surface area contributed by atoms with Gasteiger partial charge in [0.25, 0.3) is 21.9 Å². The molecule has 0 saturated carbocycles. The summed E-state index contributed by atoms with van der Waals surface area (Å²) in [7, 11) is -4.57. The van der Waals surface area contributed by atoms with E-state index in [9.17, 15) is 36.9 Å². The highest BCUT2D eigenvalue weighted by Gasteiger charge is 2.32. The predicted octanol–water partition coefficient (Wildman–Crippen LogP) is 3.99. The van der Waals surface area contributed by atoms with Crippen LogP contribution in [0.3, 0.4) is 0 Å². The molecule has 17 heteroatoms. The van der Waals surface area contributed by atoms with Gasteiger partial charge in [0.1, 0.15) is 0 Å². The molecular weight excluding hydrogens is 658 g/mol. The predicted molar refractivity (Wildman–Crippen MR) is 167 cm³/mol. The molecule has 0 unspecified atom stereocenters. The zero-order valence-corrected chi connectivity index (χ0v) is 25.9. The van der Waals surface area contributed by atoms with Gasteiger partial charge in [-0.2, -0.15) is 8.42 Å². The molecule has 3 heterocycles. The summed E-state index contributed by atoms with van der Waals surface area (Å²) in [5.41, 5.74) is 0.707. The highest BCUT2D eigenvalue weighted by atomic mass is 32.2. The number of benzene rings is 3. The number of rotatable bonds is 11. The van der Waals surface area contributed by atoms with Crippen molar-refractivity contribution in [2.75, 3.05) is 0 Å². The third-order valence-corrected chi connectivity index (χ3v) is 9.27. The van der Waals surface area contributed by atoms with E-state index < -0.39 is 38.2 Å². The first-order valence-corrected chi connectivity index (χ1v) is 16.4. The topological polar surface area (TPSA) is 212 Å². The summed E-state index contributed by atoms with van der Waals surface area (Å²) in [5, 5.41) is 13.5. The van der Waals surface area contributed by atoms with Crippen LogP contribution >= 0.6 is 12.0 Å². The van der Waals surface area contributed by atoms with Crippen molar-refractivity contribution in [1.82, 2.24) is 14.6 Å². The summed E-state index contributed by atoms with van der Waals surface area (Å²) >= 11 is 0.685. The number of carbonyl (C=O) groups excluding carboxylic acids is 3. The number of hydroxylamine groups is 2. The Morgan fingerprint density at radius 2 is 1.53 bits per heavy atom. The van der Waals surface area contributed by atoms with Crippen molar-refractivity contribution in [3.05, 3.63) is 69.0 Å². The SMILES string of the molecule is O=C(CCCCCn1c2ccc(SOOO)cc2c(=O)c2cc3[nH]c4ccc(S(=O)(=O)O)cc4c(=O)c3cc21)ON1C(=O)CCC1=O. The Morgan fingerprint density at radius 1 is 0.830 bits per heavy atom. The molecule has 0 bridgehead atoms. The molecule has 6 rings (SSSR count). The van der Waals surface area contributed by atoms with E-state index >= 15 is 0 Å². The number of H-pyrrole nitrogens is 1. The molecule has 1 fully saturated rings. The maximum absolute atomic E-state index is 13.8. The minimum absolute atomic E-state index is 0.00119. The van der Waals surface area contributed by atoms with Gasteiger partial charge in [-0.05, 0) is 61.4 Å². The number of nitrogens with zero attached hydrogens (tertiary/aromatic N) is 2. The molecule has 2 amide bonds. The largest absolute Gasteiger partial charge is 0.354 e. The first-order valence-electron chi connectivity index (χ1n) is 14.2. The molecule has 2 aromatic heterocycles. The van der Waals surface area contributed by atoms with E-state index in [4.69, 9.17) is 10.1 Å². The second-order valence-electron chi connectivity index (χ2n) is 10.8. The Bertz CT molecular complexity index is 2330. The van der Waals surface area contributed by atoms with Crippen LogP contribution in [0, 0.1) is 0 Å². The quantitative estimate of drug-likeness (QED) is 0.0342. The second-order valence-corrected chi connectivity index (χ2v) is 13.0. The van der Waals surface area contributed by atoms with Crippen LogP contribution in [-0.2, 0) is 45.3 Å². The Morgan fingerprint density at radius 3 is 2.26 bits per heavy atom. The standard InChI is InChI=1S/C30H25N3O12S2/c34-26-9-10-27(35)33(26)43-28(36)4-2-1-3-11-32-24-8-5-16(46-45-44-39)12-20(24)30(38)21-14-23-19(15-25(21)32)29(37)18-13-17(47(40,41)42)6-7-22(18)31-23/h5-8,12-15,39H,1-4,9-11H2,(H,31,37)(H,40,41,42). The summed E-state index contributed by atoms with van der Waals surface area (Å²) in [6, 6.07) is 11.6. The lowest BCUT2D eigenvalue weighted by Gasteiger charge is -2.17. The van der Waals surface area contributed by atoms with Crippen LogP contribution in [0.15, 0.2) is 67.9 Å². The summed E-state index contributed by atoms with van der Waals surface area (Å²) in [4.78, 5) is 71.1. The number of carbonyl (C=O) groups is 3. The number of aromatic amines is 1. The molecule has 1 aliphatic heterocycles. The zero-order chi connectivity index (χ0) is 33.5. The van der Waals surface area contributed by atoms with Crippen LogP contribution < -0.4 is 10.9 Å². The molecule has 1 aliphatic rings. The van der Waals surface area contributed by atoms with Crippen LogP contribution in [0.5, 0.6) is 0 Å². The Hall–Kier alpha value is -4.65. The lowest BCUT2D eigenvalue weighted by Crippen LogP contribution is -2.31. The van der Waals surface area contributed by atoms with E-state index in [0.717, 1.165) is 12.1 Å². The number of nitrogens with one attached hydrogen (secondary N) is 1. The average molecular weight is 684 g/mol. The molecule has 0 aliphatic carbocycles. The van der Waals surface area contributed by atoms with Crippen LogP contribution in [0.4, 0.5) is 0 Å². The van der Waals surface area contributed by atoms with Crippen LogP contribution in [0.25, 0.3) is 43.6 Å². The molecular formula is C30H25N3O12S2. The third-order valence-electron chi connectivity index (χ3n) is 7.84. The van der Waals surface area contributed by atoms with E-state index in [1.165, 1.54) is 6.07 Å². The van der Waals surface area contributed by atoms with Gasteiger partial charge in [0.15, 0.2) is 10.9 Å². The fourth-order valence-corrected chi connectivity index (χ4v) is 6.54. The minimum Gasteiger partial charge on any atom is -0.354 e. The number of hydrogen-bond acceptors (Lipinski definition) is 12. The lowest BCUT2D eigenvalue weighted by molar-refractivity contribution is -0.432. The number of hydrogen-bond donors (Lipinski definition) is 3. The molecule has 0 spiro atoms. The third kappa shape index (κ3) is 6.36. The zero-order valence-electron chi connectivity index (χ0n) is 24.3. The van der Waals surface area contributed by atoms with Crippen molar-refractivity contribution in [2.45, 2.75) is 54.9 Å². The van der Waals surface area contributed by atoms with Gasteiger partial charge in [0.2, 0.25) is 0 Å². The van der Waals surface area contributed by atoms with Gasteiger partial charge >= 0.3 is 5.97 Å². The normalized spacial score (nSPS) is 13.9. The maximum atomic E-state index is 13.8. The number of amides is 2. The lowest BCUT2D eigenvalue weighted by atomic mass is 10.0. The number of aromatic nitrogens is 2. The Kier molecular flexibility index (Phi) is 8.84. The highest BCUT2D eigenvalue weighted by molar-refractivity contribution is 7.94. The van der Waals surface area contributed by atoms with E-state index in [0.29, 0.717) is 75.3 Å². The molecule has 0 atom stereocenters. The fourth-order valence-electron chi connectivity index (χ4n) is 5.63. The van der Waals surface area contributed by atoms with Crippen molar-refractivity contribution >= 4 is 83.6 Å². The van der Waals surface area contributed by atoms with E-state index in [-0.39, 0.29) is 40.8 Å². The minimum atomic E-state index is -4.57. The molecule has 5 aromatic rings. The second kappa shape index (κ2) is 12.9. The van der Waals surface area contributed by atoms with Gasteiger partial charge in [-0.1, -0.05) is 11.5 Å². The summed E-state index contributed by atoms with van der Waals surface area (Å²) < 4.78 is 39.3. The molecule has 47 heavy (non-hydrogen) atoms. The summed E-state index contributed by atoms with van der Waals surface area (Å²) in [5.74, 6) is -1.83. The molecule has 1 saturated heterocycles. The molecule has 15 nitrogen and oxygen atoms in total. The van der Waals surface area contributed by atoms with Gasteiger partial charge in [0, 0.05) is 57.8 Å². The molecule has 3 aromatic carbocycles. The van der Waals surface area contributed by atoms with Gasteiger partial charge in [-0.15, -0.1) is 9.40 Å². The Balaban J connectivity index is 1.37. The van der Waals surface area contributed by atoms with E-state index in [2.05, 4.69) is 14.4 Å². The summed E-state index contributed by atoms with van der Waals surface area (Å²) in [6.45, 7) is 0.345. The van der Waals surface area contributed by atoms with E-state index in [1.807, 2.05) is 4.57 Å². The summed E-state index contributed by atoms with van der Waals surface area (Å²) in [6.07, 6.45) is 1.39. The maximum Gasteiger partial charge on any atom is 0.333 e. The number of fused-ring (bicyclic) bond motifs is 4. The van der Waals surface area contributed by atoms with Crippen LogP contribution in [0.1, 0.15) is 38.5 Å². The number of unbranched alkanes of at least 4 members (excludes halogenated alkanes) is 2. The van der Waals surface area contributed by atoms with Gasteiger partial charge < -0.3 is 14.4 Å². The number of pyridine rings is 2. The molecule has 0 radical (unpaired) electrons. The smallest absolute Gasteiger partial charge is 0.333 e. The fraction of sp³-hybridized carbons (Fsp3) is 0.233. The van der Waals surface area contributed by atoms with Crippen LogP contribution in [0.2, 0.25) is 0 Å². The van der Waals surface area contributed by atoms with Crippen molar-refractivity contribution < 1.29 is 46.8 Å². The highest BCUT2D eigenvalue weighted by Crippen LogP contribution is 2.29. The molecule has 3 N–H and O–H groups in total. The van der Waals surface area contributed by atoms with Gasteiger partial charge in [-0.3, -0.25) is 23.7 Å². The Labute approximate surface area is 268 Å². The monoisotopic (exact) mass is 683 g/mol. The van der Waals surface area contributed by atoms with E-state index in [1.54, 1.807) is 30.3 Å². The first-order chi connectivity index (χ1) is 22.5. The van der Waals surface area contributed by atoms with Crippen molar-refractivity contribution in [3.8, 4) is 0 Å².